The zero-order chi connectivity index (χ0) is 25.1. The van der Waals surface area contributed by atoms with Crippen molar-refractivity contribution in [3.05, 3.63) is 116 Å². The first-order valence-electron chi connectivity index (χ1n) is 11.4. The Labute approximate surface area is 227 Å². The first kappa shape index (κ1) is 24.6. The van der Waals surface area contributed by atoms with Crippen LogP contribution in [0.1, 0.15) is 16.9 Å². The van der Waals surface area contributed by atoms with Crippen LogP contribution in [-0.2, 0) is 11.2 Å². The summed E-state index contributed by atoms with van der Waals surface area (Å²) in [6.07, 6.45) is 2.53. The van der Waals surface area contributed by atoms with E-state index in [0.29, 0.717) is 33.2 Å². The summed E-state index contributed by atoms with van der Waals surface area (Å²) in [7, 11) is 0. The summed E-state index contributed by atoms with van der Waals surface area (Å²) >= 11 is 10.9. The number of amidine groups is 1. The summed E-state index contributed by atoms with van der Waals surface area (Å²) < 4.78 is 6.84. The number of hydrogen-bond acceptors (Lipinski definition) is 4. The lowest BCUT2D eigenvalue weighted by Gasteiger charge is -2.15. The molecule has 3 aromatic carbocycles. The van der Waals surface area contributed by atoms with E-state index in [9.17, 15) is 4.79 Å². The molecule has 5 rings (SSSR count). The van der Waals surface area contributed by atoms with E-state index in [-0.39, 0.29) is 5.91 Å². The van der Waals surface area contributed by atoms with Gasteiger partial charge in [0.1, 0.15) is 11.5 Å². The van der Waals surface area contributed by atoms with E-state index >= 15 is 0 Å². The van der Waals surface area contributed by atoms with Gasteiger partial charge in [-0.25, -0.2) is 4.99 Å². The highest BCUT2D eigenvalue weighted by Crippen LogP contribution is 2.36. The van der Waals surface area contributed by atoms with Gasteiger partial charge >= 0.3 is 0 Å². The standard InChI is InChI=1S/C29H22BrClN2O2S/c1-19-7-10-22(11-8-19)32-29-33(16-15-20-5-3-2-4-6-20)28(34)27(36-29)18-23-12-14-26(35-23)21-9-13-25(31)24(30)17-21/h2-14,17-18H,15-16H2,1H3/b27-18+,32-29?. The van der Waals surface area contributed by atoms with Crippen LogP contribution >= 0.6 is 39.3 Å². The van der Waals surface area contributed by atoms with Gasteiger partial charge in [0, 0.05) is 22.7 Å². The number of carbonyl (C=O) groups excluding carboxylic acids is 1. The van der Waals surface area contributed by atoms with Crippen molar-refractivity contribution in [1.82, 2.24) is 4.90 Å². The molecule has 1 aliphatic rings. The fraction of sp³-hybridized carbons (Fsp3) is 0.103. The number of aryl methyl sites for hydroxylation is 1. The SMILES string of the molecule is Cc1ccc(N=C2S/C(=C/c3ccc(-c4ccc(Cl)c(Br)c4)o3)C(=O)N2CCc2ccccc2)cc1. The lowest BCUT2D eigenvalue weighted by atomic mass is 10.1. The van der Waals surface area contributed by atoms with Crippen LogP contribution in [0.2, 0.25) is 5.02 Å². The number of rotatable bonds is 6. The third kappa shape index (κ3) is 5.67. The van der Waals surface area contributed by atoms with Crippen molar-refractivity contribution in [2.24, 2.45) is 4.99 Å². The zero-order valence-corrected chi connectivity index (χ0v) is 22.6. The van der Waals surface area contributed by atoms with E-state index in [1.54, 1.807) is 11.0 Å². The molecular weight excluding hydrogens is 556 g/mol. The van der Waals surface area contributed by atoms with Crippen molar-refractivity contribution >= 4 is 62.1 Å². The maximum absolute atomic E-state index is 13.4. The third-order valence-corrected chi connectivity index (χ3v) is 7.94. The second-order valence-electron chi connectivity index (χ2n) is 8.36. The third-order valence-electron chi connectivity index (χ3n) is 5.72. The van der Waals surface area contributed by atoms with Gasteiger partial charge in [-0.2, -0.15) is 0 Å². The second-order valence-corrected chi connectivity index (χ2v) is 10.6. The molecule has 4 aromatic rings. The molecule has 0 N–H and O–H groups in total. The Morgan fingerprint density at radius 3 is 2.56 bits per heavy atom. The second kappa shape index (κ2) is 10.9. The number of halogens is 2. The number of furan rings is 1. The van der Waals surface area contributed by atoms with Crippen LogP contribution in [0.3, 0.4) is 0 Å². The predicted octanol–water partition coefficient (Wildman–Crippen LogP) is 8.52. The minimum absolute atomic E-state index is 0.0750. The Hall–Kier alpha value is -3.06. The molecule has 0 unspecified atom stereocenters. The molecule has 0 atom stereocenters. The smallest absolute Gasteiger partial charge is 0.266 e. The van der Waals surface area contributed by atoms with Gasteiger partial charge < -0.3 is 4.42 Å². The van der Waals surface area contributed by atoms with Crippen LogP contribution in [0.25, 0.3) is 17.4 Å². The number of amides is 1. The predicted molar refractivity (Wildman–Crippen MR) is 153 cm³/mol. The molecule has 180 valence electrons. The molecule has 1 saturated heterocycles. The molecule has 1 aliphatic heterocycles. The quantitative estimate of drug-likeness (QED) is 0.216. The molecular formula is C29H22BrClN2O2S. The van der Waals surface area contributed by atoms with Crippen molar-refractivity contribution in [3.63, 3.8) is 0 Å². The van der Waals surface area contributed by atoms with Crippen molar-refractivity contribution < 1.29 is 9.21 Å². The first-order valence-corrected chi connectivity index (χ1v) is 13.4. The Balaban J connectivity index is 1.42. The molecule has 36 heavy (non-hydrogen) atoms. The number of aliphatic imine (C=N–C) groups is 1. The van der Waals surface area contributed by atoms with Gasteiger partial charge in [0.25, 0.3) is 5.91 Å². The molecule has 4 nitrogen and oxygen atoms in total. The Kier molecular flexibility index (Phi) is 7.46. The maximum Gasteiger partial charge on any atom is 0.266 e. The van der Waals surface area contributed by atoms with Gasteiger partial charge in [0.15, 0.2) is 5.17 Å². The Morgan fingerprint density at radius 2 is 1.81 bits per heavy atom. The van der Waals surface area contributed by atoms with Crippen LogP contribution in [-0.4, -0.2) is 22.5 Å². The number of thioether (sulfide) groups is 1. The van der Waals surface area contributed by atoms with Gasteiger partial charge in [0.2, 0.25) is 0 Å². The lowest BCUT2D eigenvalue weighted by Crippen LogP contribution is -2.31. The van der Waals surface area contributed by atoms with Crippen LogP contribution in [0.15, 0.2) is 104 Å². The molecule has 0 aliphatic carbocycles. The molecule has 7 heteroatoms. The molecule has 1 aromatic heterocycles. The van der Waals surface area contributed by atoms with Gasteiger partial charge in [-0.1, -0.05) is 59.6 Å². The van der Waals surface area contributed by atoms with Crippen molar-refractivity contribution in [2.45, 2.75) is 13.3 Å². The normalized spacial score (nSPS) is 15.9. The lowest BCUT2D eigenvalue weighted by molar-refractivity contribution is -0.122. The van der Waals surface area contributed by atoms with Crippen LogP contribution < -0.4 is 0 Å². The van der Waals surface area contributed by atoms with Crippen molar-refractivity contribution in [1.29, 1.82) is 0 Å². The first-order chi connectivity index (χ1) is 17.5. The monoisotopic (exact) mass is 576 g/mol. The van der Waals surface area contributed by atoms with Gasteiger partial charge in [-0.15, -0.1) is 0 Å². The Morgan fingerprint density at radius 1 is 1.03 bits per heavy atom. The fourth-order valence-electron chi connectivity index (χ4n) is 3.77. The van der Waals surface area contributed by atoms with Crippen molar-refractivity contribution in [3.8, 4) is 11.3 Å². The highest BCUT2D eigenvalue weighted by atomic mass is 79.9. The summed E-state index contributed by atoms with van der Waals surface area (Å²) in [6.45, 7) is 2.58. The van der Waals surface area contributed by atoms with E-state index < -0.39 is 0 Å². The molecule has 2 heterocycles. The number of carbonyl (C=O) groups is 1. The van der Waals surface area contributed by atoms with Crippen LogP contribution in [0.5, 0.6) is 0 Å². The number of nitrogens with zero attached hydrogens (tertiary/aromatic N) is 2. The molecule has 0 spiro atoms. The molecule has 0 radical (unpaired) electrons. The minimum atomic E-state index is -0.0750. The summed E-state index contributed by atoms with van der Waals surface area (Å²) in [6, 6.07) is 27.5. The number of hydrogen-bond donors (Lipinski definition) is 0. The molecule has 1 fully saturated rings. The van der Waals surface area contributed by atoms with E-state index in [4.69, 9.17) is 21.0 Å². The summed E-state index contributed by atoms with van der Waals surface area (Å²) in [5.41, 5.74) is 4.05. The van der Waals surface area contributed by atoms with Gasteiger partial charge in [-0.05, 0) is 89.1 Å². The van der Waals surface area contributed by atoms with Gasteiger partial charge in [-0.3, -0.25) is 9.69 Å². The molecule has 0 saturated carbocycles. The minimum Gasteiger partial charge on any atom is -0.457 e. The van der Waals surface area contributed by atoms with Crippen LogP contribution in [0, 0.1) is 6.92 Å². The van der Waals surface area contributed by atoms with E-state index in [1.807, 2.05) is 79.7 Å². The summed E-state index contributed by atoms with van der Waals surface area (Å²) in [5.74, 6) is 1.23. The zero-order valence-electron chi connectivity index (χ0n) is 19.4. The largest absolute Gasteiger partial charge is 0.457 e. The summed E-state index contributed by atoms with van der Waals surface area (Å²) in [4.78, 5) is 20.6. The number of benzene rings is 3. The van der Waals surface area contributed by atoms with E-state index in [0.717, 1.165) is 27.7 Å². The average Bonchev–Trinajstić information content (AvgIpc) is 3.46. The Bertz CT molecular complexity index is 1460. The fourth-order valence-corrected chi connectivity index (χ4v) is 5.27. The van der Waals surface area contributed by atoms with Crippen molar-refractivity contribution in [2.75, 3.05) is 6.54 Å². The maximum atomic E-state index is 13.4. The summed E-state index contributed by atoms with van der Waals surface area (Å²) in [5, 5.41) is 1.30. The highest BCUT2D eigenvalue weighted by Gasteiger charge is 2.33. The topological polar surface area (TPSA) is 45.8 Å². The molecule has 0 bridgehead atoms. The average molecular weight is 578 g/mol. The van der Waals surface area contributed by atoms with E-state index in [1.165, 1.54) is 17.3 Å². The van der Waals surface area contributed by atoms with E-state index in [2.05, 4.69) is 28.1 Å². The van der Waals surface area contributed by atoms with Gasteiger partial charge in [0.05, 0.1) is 15.6 Å². The molecule has 1 amide bonds. The van der Waals surface area contributed by atoms with Crippen LogP contribution in [0.4, 0.5) is 5.69 Å². The highest BCUT2D eigenvalue weighted by molar-refractivity contribution is 9.10.